The van der Waals surface area contributed by atoms with Crippen LogP contribution in [0.4, 0.5) is 33.1 Å². The quantitative estimate of drug-likeness (QED) is 0.0198. The summed E-state index contributed by atoms with van der Waals surface area (Å²) in [7, 11) is 6.38. The minimum Gasteiger partial charge on any atom is -0.491 e. The van der Waals surface area contributed by atoms with Gasteiger partial charge in [0.15, 0.2) is 17.5 Å². The van der Waals surface area contributed by atoms with Gasteiger partial charge in [0.1, 0.15) is 52.3 Å². The topological polar surface area (TPSA) is 497 Å². The molecule has 0 radical (unpaired) electrons. The molecule has 40 nitrogen and oxygen atoms in total. The number of H-pyrrole nitrogens is 3. The fourth-order valence-electron chi connectivity index (χ4n) is 12.3. The molecule has 0 fully saturated rings. The predicted octanol–water partition coefficient (Wildman–Crippen LogP) is 5.89. The predicted molar refractivity (Wildman–Crippen MR) is 455 cm³/mol. The number of rotatable bonds is 52. The Morgan fingerprint density at radius 1 is 0.456 bits per heavy atom. The van der Waals surface area contributed by atoms with Gasteiger partial charge in [-0.25, -0.2) is 19.3 Å². The van der Waals surface area contributed by atoms with Gasteiger partial charge in [-0.05, 0) is 111 Å². The van der Waals surface area contributed by atoms with Crippen molar-refractivity contribution in [3.05, 3.63) is 184 Å². The lowest BCUT2D eigenvalue weighted by molar-refractivity contribution is -0.121. The number of aromatic nitrogens is 10. The largest absolute Gasteiger partial charge is 0.491 e. The van der Waals surface area contributed by atoms with E-state index < -0.39 is 52.9 Å². The number of pyridine rings is 1. The fourth-order valence-corrected chi connectivity index (χ4v) is 12.3. The Hall–Kier alpha value is -13.3. The number of aryl methyl sites for hydroxylation is 6. The maximum absolute atomic E-state index is 14.3. The van der Waals surface area contributed by atoms with Crippen LogP contribution in [0.25, 0.3) is 22.0 Å². The SMILES string of the molecule is Cc1cc(F)cc(C)c1Oc1ccc(C(C)(C)O)cc1-c1cn(C)c(=O)c2[nH]c(C(=O)Nc3ccc(OCCOCCOCCOCCOCCOCCOCCOCCOCCNC(=O)CCNC(=O)c4nc(NC(=O)CCNC(=O)c5cc(NC(=O)c6nc(NC(=O)CCNC(=O)c7cc(NC(=O)c8nccn8C)c[nH]7)cn6C)c[nH]5)cn4C)cc3)cc12. The molecule has 0 bridgehead atoms. The Bertz CT molecular complexity index is 5380. The summed E-state index contributed by atoms with van der Waals surface area (Å²) in [6, 6.07) is 19.3. The molecular formula is C84H104FN19O21. The average molecular weight is 1730 g/mol. The van der Waals surface area contributed by atoms with Crippen molar-refractivity contribution in [2.45, 2.75) is 52.6 Å². The van der Waals surface area contributed by atoms with Crippen molar-refractivity contribution < 1.29 is 100 Å². The smallest absolute Gasteiger partial charge is 0.291 e. The molecule has 0 unspecified atom stereocenters. The van der Waals surface area contributed by atoms with E-state index >= 15 is 0 Å². The Morgan fingerprint density at radius 2 is 0.920 bits per heavy atom. The van der Waals surface area contributed by atoms with Gasteiger partial charge in [-0.3, -0.25) is 47.9 Å². The summed E-state index contributed by atoms with van der Waals surface area (Å²) in [6.45, 7) is 13.0. The van der Waals surface area contributed by atoms with Crippen LogP contribution in [-0.2, 0) is 86.1 Å². The van der Waals surface area contributed by atoms with Crippen molar-refractivity contribution in [2.24, 2.45) is 28.2 Å². The van der Waals surface area contributed by atoms with Crippen molar-refractivity contribution in [1.29, 1.82) is 0 Å². The molecule has 3 aromatic carbocycles. The summed E-state index contributed by atoms with van der Waals surface area (Å²) in [5.41, 5.74) is 2.88. The molecule has 41 heteroatoms. The number of aliphatic hydroxyl groups is 1. The molecule has 10 aromatic rings. The van der Waals surface area contributed by atoms with Crippen LogP contribution in [0.5, 0.6) is 17.2 Å². The van der Waals surface area contributed by atoms with Crippen LogP contribution in [-0.4, -0.2) is 245 Å². The molecule has 668 valence electrons. The molecule has 9 amide bonds. The third-order valence-corrected chi connectivity index (χ3v) is 18.6. The van der Waals surface area contributed by atoms with Gasteiger partial charge in [0.2, 0.25) is 29.4 Å². The number of hydrogen-bond acceptors (Lipinski definition) is 24. The summed E-state index contributed by atoms with van der Waals surface area (Å²) in [6.07, 6.45) is 10.1. The number of anilines is 5. The highest BCUT2D eigenvalue weighted by atomic mass is 19.1. The fraction of sp³-hybridized carbons (Fsp3) is 0.393. The van der Waals surface area contributed by atoms with Crippen LogP contribution in [0.15, 0.2) is 121 Å². The maximum atomic E-state index is 14.3. The van der Waals surface area contributed by atoms with Crippen molar-refractivity contribution in [3.8, 4) is 28.4 Å². The molecular weight excluding hydrogens is 1630 g/mol. The highest BCUT2D eigenvalue weighted by Crippen LogP contribution is 2.41. The molecule has 10 rings (SSSR count). The van der Waals surface area contributed by atoms with Crippen LogP contribution >= 0.6 is 0 Å². The zero-order valence-corrected chi connectivity index (χ0v) is 70.6. The van der Waals surface area contributed by atoms with Crippen molar-refractivity contribution in [2.75, 3.05) is 165 Å². The molecule has 0 atom stereocenters. The van der Waals surface area contributed by atoms with E-state index in [4.69, 9.17) is 47.4 Å². The maximum Gasteiger partial charge on any atom is 0.291 e. The second-order valence-corrected chi connectivity index (χ2v) is 28.9. The van der Waals surface area contributed by atoms with E-state index in [1.54, 1.807) is 121 Å². The Labute approximate surface area is 717 Å². The molecule has 0 saturated carbocycles. The lowest BCUT2D eigenvalue weighted by Crippen LogP contribution is -2.33. The number of nitrogens with one attached hydrogen (secondary N) is 12. The third kappa shape index (κ3) is 28.9. The number of fused-ring (bicyclic) bond motifs is 1. The van der Waals surface area contributed by atoms with Crippen LogP contribution < -0.4 is 62.9 Å². The van der Waals surface area contributed by atoms with E-state index in [0.717, 1.165) is 0 Å². The first-order chi connectivity index (χ1) is 60.1. The number of hydrogen-bond donors (Lipinski definition) is 13. The third-order valence-electron chi connectivity index (χ3n) is 18.6. The number of ether oxygens (including phenoxy) is 10. The number of aromatic amines is 3. The molecule has 7 aromatic heterocycles. The lowest BCUT2D eigenvalue weighted by Gasteiger charge is -2.22. The number of amides is 9. The molecule has 0 aliphatic heterocycles. The number of benzene rings is 3. The standard InChI is InChI=1S/C84H104FN19O21/c1-52-41-55(85)42-53(2)73(52)125-66-14-9-54(84(3,4)115)43-60(66)62-49-104(8)83(114)72-61(62)46-65(96-72)79(110)93-56-10-12-59(13-11-56)124-40-39-123-38-37-122-36-35-121-34-33-120-32-31-119-30-29-118-28-27-117-26-25-116-24-22-86-69(105)15-18-90-80(111)75-99-67(50-102(75)6)97-70(106)16-19-89-78(109)64-45-58(48-92-64)95-82(113)76-100-68(51-103(76)7)98-71(107)17-20-88-77(108)63-44-57(47-91-63)94-81(112)74-87-21-23-101(74)5/h9-14,21,23,41-51,91-92,96,115H,15-20,22,24-40H2,1-8H3,(H,86,105)(H,88,108)(H,89,109)(H,90,111)(H,93,110)(H,94,112)(H,95,113)(H,97,106)(H,98,107). The highest BCUT2D eigenvalue weighted by Gasteiger charge is 2.26. The molecule has 0 aliphatic carbocycles. The van der Waals surface area contributed by atoms with Gasteiger partial charge in [-0.2, -0.15) is 0 Å². The summed E-state index contributed by atoms with van der Waals surface area (Å²) >= 11 is 0. The summed E-state index contributed by atoms with van der Waals surface area (Å²) in [4.78, 5) is 150. The number of imidazole rings is 3. The van der Waals surface area contributed by atoms with Gasteiger partial charge < -0.3 is 134 Å². The minimum absolute atomic E-state index is 0.0112. The Kier molecular flexibility index (Phi) is 35.2. The number of nitrogens with zero attached hydrogens (tertiary/aromatic N) is 7. The van der Waals surface area contributed by atoms with Crippen molar-refractivity contribution in [1.82, 2.24) is 69.4 Å². The van der Waals surface area contributed by atoms with Gasteiger partial charge in [0.05, 0.1) is 123 Å². The monoisotopic (exact) mass is 1730 g/mol. The van der Waals surface area contributed by atoms with Gasteiger partial charge in [0, 0.05) is 139 Å². The summed E-state index contributed by atoms with van der Waals surface area (Å²) in [5.74, 6) is -3.29. The van der Waals surface area contributed by atoms with Crippen LogP contribution in [0.3, 0.4) is 0 Å². The highest BCUT2D eigenvalue weighted by molar-refractivity contribution is 6.09. The van der Waals surface area contributed by atoms with Gasteiger partial charge >= 0.3 is 0 Å². The second kappa shape index (κ2) is 46.8. The van der Waals surface area contributed by atoms with E-state index in [9.17, 15) is 57.4 Å². The van der Waals surface area contributed by atoms with E-state index in [2.05, 4.69) is 77.8 Å². The van der Waals surface area contributed by atoms with Gasteiger partial charge in [-0.1, -0.05) is 6.07 Å². The first kappa shape index (κ1) is 94.0. The van der Waals surface area contributed by atoms with Crippen molar-refractivity contribution in [3.63, 3.8) is 0 Å². The number of halogens is 1. The van der Waals surface area contributed by atoms with Gasteiger partial charge in [-0.15, -0.1) is 0 Å². The van der Waals surface area contributed by atoms with Crippen LogP contribution in [0, 0.1) is 19.7 Å². The summed E-state index contributed by atoms with van der Waals surface area (Å²) in [5, 5.41) is 35.4. The lowest BCUT2D eigenvalue weighted by atomic mass is 9.93. The Balaban J connectivity index is 0.470. The molecule has 0 spiro atoms. The van der Waals surface area contributed by atoms with E-state index in [1.165, 1.54) is 69.0 Å². The first-order valence-corrected chi connectivity index (χ1v) is 40.1. The minimum atomic E-state index is -1.23. The van der Waals surface area contributed by atoms with Crippen LogP contribution in [0.2, 0.25) is 0 Å². The molecule has 7 heterocycles. The average Bonchev–Trinajstić information content (AvgIpc) is 1.74. The first-order valence-electron chi connectivity index (χ1n) is 40.1. The zero-order valence-electron chi connectivity index (χ0n) is 70.6. The summed E-state index contributed by atoms with van der Waals surface area (Å²) < 4.78 is 76.8. The molecule has 13 N–H and O–H groups in total. The molecule has 125 heavy (non-hydrogen) atoms. The molecule has 0 aliphatic rings. The van der Waals surface area contributed by atoms with E-state index in [0.29, 0.717) is 161 Å². The number of carbonyl (C=O) groups excluding carboxylic acids is 9. The van der Waals surface area contributed by atoms with Crippen LogP contribution in [0.1, 0.15) is 113 Å². The van der Waals surface area contributed by atoms with Crippen molar-refractivity contribution >= 4 is 92.8 Å². The second-order valence-electron chi connectivity index (χ2n) is 28.9. The Morgan fingerprint density at radius 3 is 1.42 bits per heavy atom. The van der Waals surface area contributed by atoms with E-state index in [-0.39, 0.29) is 133 Å². The van der Waals surface area contributed by atoms with E-state index in [1.807, 2.05) is 0 Å². The normalized spacial score (nSPS) is 11.3. The zero-order chi connectivity index (χ0) is 89.4. The van der Waals surface area contributed by atoms with Gasteiger partial charge in [0.25, 0.3) is 41.0 Å². The number of carbonyl (C=O) groups is 9. The molecule has 0 saturated heterocycles.